The van der Waals surface area contributed by atoms with Crippen LogP contribution >= 0.6 is 0 Å². The number of carbonyl (C=O) groups is 2. The lowest BCUT2D eigenvalue weighted by Crippen LogP contribution is -2.35. The van der Waals surface area contributed by atoms with Crippen LogP contribution in [0.3, 0.4) is 0 Å². The normalized spacial score (nSPS) is 11.9. The van der Waals surface area contributed by atoms with Crippen LogP contribution in [0.15, 0.2) is 83.6 Å². The average molecular weight is 389 g/mol. The molecule has 0 aliphatic heterocycles. The zero-order valence-electron chi connectivity index (χ0n) is 16.2. The van der Waals surface area contributed by atoms with Gasteiger partial charge in [-0.15, -0.1) is 0 Å². The van der Waals surface area contributed by atoms with Crippen molar-refractivity contribution in [2.45, 2.75) is 12.5 Å². The summed E-state index contributed by atoms with van der Waals surface area (Å²) in [5.74, 6) is 0.234. The predicted octanol–water partition coefficient (Wildman–Crippen LogP) is 3.44. The topological polar surface area (TPSA) is 75.4 Å². The summed E-state index contributed by atoms with van der Waals surface area (Å²) < 4.78 is 5.13. The predicted molar refractivity (Wildman–Crippen MR) is 111 cm³/mol. The molecule has 2 heterocycles. The summed E-state index contributed by atoms with van der Waals surface area (Å²) >= 11 is 0. The van der Waals surface area contributed by atoms with Gasteiger partial charge in [-0.3, -0.25) is 14.6 Å². The Bertz CT molecular complexity index is 899. The highest BCUT2D eigenvalue weighted by molar-refractivity contribution is 5.91. The Morgan fingerprint density at radius 2 is 1.90 bits per heavy atom. The van der Waals surface area contributed by atoms with Crippen LogP contribution < -0.4 is 5.32 Å². The van der Waals surface area contributed by atoms with Crippen LogP contribution in [0, 0.1) is 0 Å². The molecule has 2 amide bonds. The minimum atomic E-state index is -0.292. The Balaban J connectivity index is 1.60. The summed E-state index contributed by atoms with van der Waals surface area (Å²) in [6.07, 6.45) is 6.41. The molecule has 0 aliphatic rings. The summed E-state index contributed by atoms with van der Waals surface area (Å²) in [6.45, 7) is 0.244. The van der Waals surface area contributed by atoms with Gasteiger partial charge in [0, 0.05) is 32.3 Å². The molecule has 0 bridgehead atoms. The zero-order chi connectivity index (χ0) is 20.5. The van der Waals surface area contributed by atoms with E-state index in [0.29, 0.717) is 5.76 Å². The lowest BCUT2D eigenvalue weighted by molar-refractivity contribution is -0.131. The molecule has 0 fully saturated rings. The van der Waals surface area contributed by atoms with Gasteiger partial charge < -0.3 is 14.6 Å². The average Bonchev–Trinajstić information content (AvgIpc) is 3.27. The van der Waals surface area contributed by atoms with Crippen LogP contribution in [0.5, 0.6) is 0 Å². The van der Waals surface area contributed by atoms with Crippen molar-refractivity contribution in [2.24, 2.45) is 0 Å². The highest BCUT2D eigenvalue weighted by Gasteiger charge is 2.24. The van der Waals surface area contributed by atoms with Gasteiger partial charge in [0.1, 0.15) is 5.76 Å². The van der Waals surface area contributed by atoms with Crippen molar-refractivity contribution in [1.82, 2.24) is 15.2 Å². The van der Waals surface area contributed by atoms with Gasteiger partial charge in [-0.1, -0.05) is 36.4 Å². The van der Waals surface area contributed by atoms with Gasteiger partial charge in [-0.05, 0) is 35.9 Å². The van der Waals surface area contributed by atoms with Crippen LogP contribution in [-0.4, -0.2) is 35.3 Å². The van der Waals surface area contributed by atoms with Gasteiger partial charge in [0.25, 0.3) is 0 Å². The third-order valence-corrected chi connectivity index (χ3v) is 4.44. The first-order valence-corrected chi connectivity index (χ1v) is 9.36. The van der Waals surface area contributed by atoms with Crippen LogP contribution in [-0.2, 0) is 9.59 Å². The van der Waals surface area contributed by atoms with E-state index in [4.69, 9.17) is 4.42 Å². The van der Waals surface area contributed by atoms with Crippen LogP contribution in [0.4, 0.5) is 0 Å². The number of nitrogens with one attached hydrogen (secondary N) is 1. The molecular formula is C23H23N3O3. The smallest absolute Gasteiger partial charge is 0.244 e. The minimum absolute atomic E-state index is 0.0835. The zero-order valence-corrected chi connectivity index (χ0v) is 16.2. The van der Waals surface area contributed by atoms with Crippen LogP contribution in [0.1, 0.15) is 29.5 Å². The summed E-state index contributed by atoms with van der Waals surface area (Å²) in [6, 6.07) is 18.6. The molecule has 148 valence electrons. The van der Waals surface area contributed by atoms with E-state index in [0.717, 1.165) is 11.3 Å². The molecule has 0 radical (unpaired) electrons. The van der Waals surface area contributed by atoms with E-state index >= 15 is 0 Å². The number of hydrogen-bond acceptors (Lipinski definition) is 4. The molecule has 3 rings (SSSR count). The molecule has 1 unspecified atom stereocenters. The van der Waals surface area contributed by atoms with E-state index in [1.807, 2.05) is 48.5 Å². The highest BCUT2D eigenvalue weighted by Crippen LogP contribution is 2.26. The maximum Gasteiger partial charge on any atom is 0.244 e. The summed E-state index contributed by atoms with van der Waals surface area (Å²) in [7, 11) is 1.76. The molecule has 0 spiro atoms. The Labute approximate surface area is 169 Å². The molecule has 0 saturated carbocycles. The lowest BCUT2D eigenvalue weighted by Gasteiger charge is -2.28. The Morgan fingerprint density at radius 1 is 1.10 bits per heavy atom. The van der Waals surface area contributed by atoms with Crippen molar-refractivity contribution in [3.05, 3.63) is 96.2 Å². The first-order chi connectivity index (χ1) is 14.1. The summed E-state index contributed by atoms with van der Waals surface area (Å²) in [4.78, 5) is 30.8. The van der Waals surface area contributed by atoms with Crippen molar-refractivity contribution < 1.29 is 14.0 Å². The Morgan fingerprint density at radius 3 is 2.59 bits per heavy atom. The SMILES string of the molecule is CN(C(=O)CCNC(=O)/C=C/c1ccco1)C(c1ccccc1)c1ccccn1. The van der Waals surface area contributed by atoms with Crippen molar-refractivity contribution in [3.8, 4) is 0 Å². The number of furan rings is 1. The van der Waals surface area contributed by atoms with E-state index in [2.05, 4.69) is 10.3 Å². The first-order valence-electron chi connectivity index (χ1n) is 9.36. The van der Waals surface area contributed by atoms with Crippen LogP contribution in [0.25, 0.3) is 6.08 Å². The minimum Gasteiger partial charge on any atom is -0.465 e. The molecular weight excluding hydrogens is 366 g/mol. The Kier molecular flexibility index (Phi) is 6.95. The van der Waals surface area contributed by atoms with Crippen molar-refractivity contribution in [2.75, 3.05) is 13.6 Å². The number of hydrogen-bond donors (Lipinski definition) is 1. The largest absolute Gasteiger partial charge is 0.465 e. The molecule has 0 saturated heterocycles. The molecule has 1 aromatic carbocycles. The fourth-order valence-electron chi connectivity index (χ4n) is 2.98. The summed E-state index contributed by atoms with van der Waals surface area (Å²) in [5, 5.41) is 2.72. The lowest BCUT2D eigenvalue weighted by atomic mass is 10.0. The summed E-state index contributed by atoms with van der Waals surface area (Å²) in [5.41, 5.74) is 1.77. The number of rotatable bonds is 8. The molecule has 1 atom stereocenters. The highest BCUT2D eigenvalue weighted by atomic mass is 16.3. The van der Waals surface area contributed by atoms with Gasteiger partial charge in [-0.25, -0.2) is 0 Å². The fraction of sp³-hybridized carbons (Fsp3) is 0.174. The molecule has 29 heavy (non-hydrogen) atoms. The standard InChI is InChI=1S/C23H23N3O3/c1-26(22(28)14-16-25-21(27)13-12-19-10-7-17-29-19)23(18-8-3-2-4-9-18)20-11-5-6-15-24-20/h2-13,15,17,23H,14,16H2,1H3,(H,25,27)/b13-12+. The van der Waals surface area contributed by atoms with Crippen molar-refractivity contribution >= 4 is 17.9 Å². The second kappa shape index (κ2) is 10.0. The fourth-order valence-corrected chi connectivity index (χ4v) is 2.98. The third-order valence-electron chi connectivity index (χ3n) is 4.44. The van der Waals surface area contributed by atoms with E-state index in [1.54, 1.807) is 36.4 Å². The monoisotopic (exact) mass is 389 g/mol. The first kappa shape index (κ1) is 20.1. The maximum absolute atomic E-state index is 12.8. The second-order valence-electron chi connectivity index (χ2n) is 6.46. The van der Waals surface area contributed by atoms with E-state index in [-0.39, 0.29) is 30.8 Å². The Hall–Kier alpha value is -3.67. The number of carbonyl (C=O) groups excluding carboxylic acids is 2. The van der Waals surface area contributed by atoms with Gasteiger partial charge in [0.15, 0.2) is 0 Å². The van der Waals surface area contributed by atoms with Crippen molar-refractivity contribution in [3.63, 3.8) is 0 Å². The molecule has 3 aromatic rings. The van der Waals surface area contributed by atoms with Gasteiger partial charge in [0.05, 0.1) is 18.0 Å². The maximum atomic E-state index is 12.8. The molecule has 2 aromatic heterocycles. The van der Waals surface area contributed by atoms with Gasteiger partial charge >= 0.3 is 0 Å². The molecule has 0 aliphatic carbocycles. The number of pyridine rings is 1. The molecule has 6 heteroatoms. The molecule has 6 nitrogen and oxygen atoms in total. The van der Waals surface area contributed by atoms with E-state index < -0.39 is 0 Å². The number of amides is 2. The molecule has 1 N–H and O–H groups in total. The van der Waals surface area contributed by atoms with E-state index in [1.165, 1.54) is 12.3 Å². The van der Waals surface area contributed by atoms with E-state index in [9.17, 15) is 9.59 Å². The van der Waals surface area contributed by atoms with Crippen LogP contribution in [0.2, 0.25) is 0 Å². The second-order valence-corrected chi connectivity index (χ2v) is 6.46. The third kappa shape index (κ3) is 5.65. The number of benzene rings is 1. The van der Waals surface area contributed by atoms with Gasteiger partial charge in [0.2, 0.25) is 11.8 Å². The van der Waals surface area contributed by atoms with Gasteiger partial charge in [-0.2, -0.15) is 0 Å². The quantitative estimate of drug-likeness (QED) is 0.599. The van der Waals surface area contributed by atoms with Crippen molar-refractivity contribution in [1.29, 1.82) is 0 Å². The number of nitrogens with zero attached hydrogens (tertiary/aromatic N) is 2. The number of aromatic nitrogens is 1.